The highest BCUT2D eigenvalue weighted by Crippen LogP contribution is 2.32. The van der Waals surface area contributed by atoms with E-state index in [9.17, 15) is 0 Å². The number of aromatic nitrogens is 1. The molecule has 1 fully saturated rings. The molecule has 20 heavy (non-hydrogen) atoms. The minimum Gasteiger partial charge on any atom is -0.377 e. The Morgan fingerprint density at radius 2 is 2.30 bits per heavy atom. The second-order valence-electron chi connectivity index (χ2n) is 5.66. The third kappa shape index (κ3) is 3.71. The van der Waals surface area contributed by atoms with E-state index in [1.165, 1.54) is 28.5 Å². The number of hydrogen-bond acceptors (Lipinski definition) is 5. The first-order valence-corrected chi connectivity index (χ1v) is 8.48. The molecule has 1 N–H and O–H groups in total. The van der Waals surface area contributed by atoms with Gasteiger partial charge in [0.25, 0.3) is 0 Å². The lowest BCUT2D eigenvalue weighted by Gasteiger charge is -2.32. The molecular formula is C15H27N3OS. The van der Waals surface area contributed by atoms with Crippen LogP contribution in [-0.4, -0.2) is 37.8 Å². The molecule has 1 unspecified atom stereocenters. The maximum Gasteiger partial charge on any atom is 0.185 e. The standard InChI is InChI=1S/C15H27N3OS/c1-5-19-12-7-6-8-18(10-12)15-17-14(11(2)3)13(20-15)9-16-4/h11-12,16H,5-10H2,1-4H3. The van der Waals surface area contributed by atoms with E-state index in [2.05, 4.69) is 31.0 Å². The summed E-state index contributed by atoms with van der Waals surface area (Å²) in [5.74, 6) is 0.482. The Bertz CT molecular complexity index is 417. The topological polar surface area (TPSA) is 37.4 Å². The maximum absolute atomic E-state index is 5.79. The fourth-order valence-electron chi connectivity index (χ4n) is 2.71. The minimum absolute atomic E-state index is 0.368. The Morgan fingerprint density at radius 3 is 2.95 bits per heavy atom. The Kier molecular flexibility index (Phi) is 5.81. The number of nitrogens with zero attached hydrogens (tertiary/aromatic N) is 2. The smallest absolute Gasteiger partial charge is 0.185 e. The molecule has 114 valence electrons. The SMILES string of the molecule is CCOC1CCCN(c2nc(C(C)C)c(CNC)s2)C1. The highest BCUT2D eigenvalue weighted by Gasteiger charge is 2.24. The third-order valence-electron chi connectivity index (χ3n) is 3.65. The quantitative estimate of drug-likeness (QED) is 0.876. The van der Waals surface area contributed by atoms with Gasteiger partial charge in [-0.05, 0) is 32.7 Å². The van der Waals surface area contributed by atoms with Gasteiger partial charge in [0, 0.05) is 31.1 Å². The molecule has 2 rings (SSSR count). The average Bonchev–Trinajstić information content (AvgIpc) is 2.84. The molecular weight excluding hydrogens is 270 g/mol. The van der Waals surface area contributed by atoms with Crippen molar-refractivity contribution in [2.75, 3.05) is 31.6 Å². The number of thiazole rings is 1. The predicted octanol–water partition coefficient (Wildman–Crippen LogP) is 2.99. The van der Waals surface area contributed by atoms with E-state index in [4.69, 9.17) is 9.72 Å². The van der Waals surface area contributed by atoms with Gasteiger partial charge in [-0.3, -0.25) is 0 Å². The second kappa shape index (κ2) is 7.38. The zero-order valence-electron chi connectivity index (χ0n) is 13.1. The molecule has 1 saturated heterocycles. The van der Waals surface area contributed by atoms with Crippen LogP contribution in [0.1, 0.15) is 50.1 Å². The molecule has 0 radical (unpaired) electrons. The predicted molar refractivity (Wildman–Crippen MR) is 85.8 cm³/mol. The number of nitrogens with one attached hydrogen (secondary N) is 1. The molecule has 1 aromatic rings. The number of anilines is 1. The summed E-state index contributed by atoms with van der Waals surface area (Å²) in [7, 11) is 2.00. The zero-order valence-corrected chi connectivity index (χ0v) is 13.9. The molecule has 0 aliphatic carbocycles. The fraction of sp³-hybridized carbons (Fsp3) is 0.800. The van der Waals surface area contributed by atoms with Crippen LogP contribution in [0.4, 0.5) is 5.13 Å². The number of rotatable bonds is 6. The molecule has 0 spiro atoms. The summed E-state index contributed by atoms with van der Waals surface area (Å²) in [4.78, 5) is 8.67. The van der Waals surface area contributed by atoms with Crippen molar-refractivity contribution in [2.24, 2.45) is 0 Å². The van der Waals surface area contributed by atoms with Crippen molar-refractivity contribution in [1.29, 1.82) is 0 Å². The monoisotopic (exact) mass is 297 g/mol. The molecule has 1 aliphatic heterocycles. The summed E-state index contributed by atoms with van der Waals surface area (Å²) < 4.78 is 5.79. The van der Waals surface area contributed by atoms with E-state index in [-0.39, 0.29) is 0 Å². The van der Waals surface area contributed by atoms with Crippen LogP contribution in [-0.2, 0) is 11.3 Å². The van der Waals surface area contributed by atoms with Gasteiger partial charge in [0.1, 0.15) is 0 Å². The highest BCUT2D eigenvalue weighted by atomic mass is 32.1. The molecule has 2 heterocycles. The Morgan fingerprint density at radius 1 is 1.50 bits per heavy atom. The first-order chi connectivity index (χ1) is 9.65. The van der Waals surface area contributed by atoms with Gasteiger partial charge in [0.2, 0.25) is 0 Å². The number of hydrogen-bond donors (Lipinski definition) is 1. The Labute approximate surface area is 126 Å². The van der Waals surface area contributed by atoms with Gasteiger partial charge in [0.15, 0.2) is 5.13 Å². The number of ether oxygens (including phenoxy) is 1. The van der Waals surface area contributed by atoms with Crippen molar-refractivity contribution >= 4 is 16.5 Å². The third-order valence-corrected chi connectivity index (χ3v) is 4.78. The van der Waals surface area contributed by atoms with Gasteiger partial charge in [-0.1, -0.05) is 13.8 Å². The van der Waals surface area contributed by atoms with Crippen molar-refractivity contribution in [3.05, 3.63) is 10.6 Å². The Hall–Kier alpha value is -0.650. The molecule has 0 saturated carbocycles. The van der Waals surface area contributed by atoms with Crippen LogP contribution in [0.25, 0.3) is 0 Å². The first-order valence-electron chi connectivity index (χ1n) is 7.66. The fourth-order valence-corrected chi connectivity index (χ4v) is 3.97. The van der Waals surface area contributed by atoms with E-state index < -0.39 is 0 Å². The van der Waals surface area contributed by atoms with E-state index >= 15 is 0 Å². The maximum atomic E-state index is 5.79. The Balaban J connectivity index is 2.13. The van der Waals surface area contributed by atoms with Gasteiger partial charge < -0.3 is 15.0 Å². The summed E-state index contributed by atoms with van der Waals surface area (Å²) in [6.07, 6.45) is 2.74. The lowest BCUT2D eigenvalue weighted by atomic mass is 10.1. The second-order valence-corrected chi connectivity index (χ2v) is 6.72. The van der Waals surface area contributed by atoms with Crippen LogP contribution in [0.2, 0.25) is 0 Å². The lowest BCUT2D eigenvalue weighted by molar-refractivity contribution is 0.0526. The van der Waals surface area contributed by atoms with E-state index in [0.717, 1.165) is 26.2 Å². The molecule has 1 aromatic heterocycles. The summed E-state index contributed by atoms with van der Waals surface area (Å²) in [6.45, 7) is 10.3. The van der Waals surface area contributed by atoms with Crippen LogP contribution >= 0.6 is 11.3 Å². The number of piperidine rings is 1. The van der Waals surface area contributed by atoms with Gasteiger partial charge in [-0.15, -0.1) is 11.3 Å². The van der Waals surface area contributed by atoms with Crippen LogP contribution in [0.3, 0.4) is 0 Å². The molecule has 1 atom stereocenters. The van der Waals surface area contributed by atoms with Crippen molar-refractivity contribution < 1.29 is 4.74 Å². The van der Waals surface area contributed by atoms with Crippen LogP contribution in [0, 0.1) is 0 Å². The minimum atomic E-state index is 0.368. The normalized spacial score (nSPS) is 19.9. The van der Waals surface area contributed by atoms with E-state index in [0.29, 0.717) is 12.0 Å². The first kappa shape index (κ1) is 15.7. The van der Waals surface area contributed by atoms with E-state index in [1.807, 2.05) is 18.4 Å². The van der Waals surface area contributed by atoms with Crippen molar-refractivity contribution in [3.63, 3.8) is 0 Å². The van der Waals surface area contributed by atoms with Crippen LogP contribution in [0.15, 0.2) is 0 Å². The van der Waals surface area contributed by atoms with Gasteiger partial charge >= 0.3 is 0 Å². The molecule has 5 heteroatoms. The van der Waals surface area contributed by atoms with Gasteiger partial charge in [-0.2, -0.15) is 0 Å². The molecule has 4 nitrogen and oxygen atoms in total. The van der Waals surface area contributed by atoms with Crippen LogP contribution in [0.5, 0.6) is 0 Å². The van der Waals surface area contributed by atoms with Crippen molar-refractivity contribution in [2.45, 2.75) is 52.2 Å². The largest absolute Gasteiger partial charge is 0.377 e. The molecule has 0 aromatic carbocycles. The summed E-state index contributed by atoms with van der Waals surface area (Å²) in [5, 5.41) is 4.42. The molecule has 0 amide bonds. The van der Waals surface area contributed by atoms with Crippen LogP contribution < -0.4 is 10.2 Å². The van der Waals surface area contributed by atoms with Crippen molar-refractivity contribution in [1.82, 2.24) is 10.3 Å². The summed E-state index contributed by atoms with van der Waals surface area (Å²) in [5.41, 5.74) is 1.25. The lowest BCUT2D eigenvalue weighted by Crippen LogP contribution is -2.39. The van der Waals surface area contributed by atoms with Gasteiger partial charge in [0.05, 0.1) is 11.8 Å². The highest BCUT2D eigenvalue weighted by molar-refractivity contribution is 7.15. The molecule has 1 aliphatic rings. The summed E-state index contributed by atoms with van der Waals surface area (Å²) >= 11 is 1.84. The molecule has 0 bridgehead atoms. The van der Waals surface area contributed by atoms with Gasteiger partial charge in [-0.25, -0.2) is 4.98 Å². The van der Waals surface area contributed by atoms with Crippen molar-refractivity contribution in [3.8, 4) is 0 Å². The summed E-state index contributed by atoms with van der Waals surface area (Å²) in [6, 6.07) is 0. The van der Waals surface area contributed by atoms with E-state index in [1.54, 1.807) is 0 Å². The zero-order chi connectivity index (χ0) is 14.5. The average molecular weight is 297 g/mol.